The third-order valence-electron chi connectivity index (χ3n) is 2.14. The average molecular weight is 184 g/mol. The molecule has 1 radical (unpaired) electrons. The van der Waals surface area contributed by atoms with E-state index < -0.39 is 0 Å². The van der Waals surface area contributed by atoms with Gasteiger partial charge in [-0.15, -0.1) is 0 Å². The van der Waals surface area contributed by atoms with Crippen LogP contribution in [0.5, 0.6) is 0 Å². The first-order valence-corrected chi connectivity index (χ1v) is 5.18. The van der Waals surface area contributed by atoms with Crippen LogP contribution in [0, 0.1) is 6.92 Å². The number of rotatable bonds is 7. The van der Waals surface area contributed by atoms with E-state index in [0.717, 1.165) is 12.8 Å². The zero-order valence-electron chi connectivity index (χ0n) is 9.01. The Hall–Kier alpha value is -0.530. The maximum Gasteiger partial charge on any atom is 0.222 e. The summed E-state index contributed by atoms with van der Waals surface area (Å²) in [5.74, 6) is 0.247. The lowest BCUT2D eigenvalue weighted by atomic mass is 10.1. The number of unbranched alkanes of at least 4 members (excludes halogenated alkanes) is 5. The van der Waals surface area contributed by atoms with Gasteiger partial charge in [0, 0.05) is 20.5 Å². The quantitative estimate of drug-likeness (QED) is 0.557. The minimum atomic E-state index is 0.247. The molecule has 13 heavy (non-hydrogen) atoms. The van der Waals surface area contributed by atoms with Crippen LogP contribution in [0.25, 0.3) is 0 Å². The van der Waals surface area contributed by atoms with Crippen LogP contribution in [0.3, 0.4) is 0 Å². The number of carbonyl (C=O) groups excluding carboxylic acids is 1. The summed E-state index contributed by atoms with van der Waals surface area (Å²) in [7, 11) is 3.62. The fourth-order valence-corrected chi connectivity index (χ4v) is 1.21. The van der Waals surface area contributed by atoms with E-state index in [1.165, 1.54) is 25.7 Å². The molecule has 0 aromatic rings. The number of amides is 1. The predicted molar refractivity (Wildman–Crippen MR) is 56.4 cm³/mol. The Bertz CT molecular complexity index is 132. The molecule has 2 heteroatoms. The lowest BCUT2D eigenvalue weighted by Crippen LogP contribution is -2.20. The van der Waals surface area contributed by atoms with Crippen LogP contribution in [0.2, 0.25) is 0 Å². The van der Waals surface area contributed by atoms with Crippen molar-refractivity contribution < 1.29 is 4.79 Å². The molecule has 0 aliphatic heterocycles. The molecule has 0 fully saturated rings. The SMILES string of the molecule is [CH2]CCCCCCCC(=O)N(C)C. The minimum absolute atomic E-state index is 0.247. The highest BCUT2D eigenvalue weighted by Crippen LogP contribution is 2.07. The van der Waals surface area contributed by atoms with Crippen molar-refractivity contribution in [3.63, 3.8) is 0 Å². The Morgan fingerprint density at radius 2 is 1.62 bits per heavy atom. The van der Waals surface area contributed by atoms with Gasteiger partial charge in [0.25, 0.3) is 0 Å². The normalized spacial score (nSPS) is 10.1. The summed E-state index contributed by atoms with van der Waals surface area (Å²) in [6, 6.07) is 0. The Morgan fingerprint density at radius 3 is 2.15 bits per heavy atom. The van der Waals surface area contributed by atoms with Crippen LogP contribution >= 0.6 is 0 Å². The number of hydrogen-bond acceptors (Lipinski definition) is 1. The number of hydrogen-bond donors (Lipinski definition) is 0. The van der Waals surface area contributed by atoms with Gasteiger partial charge < -0.3 is 4.90 Å². The van der Waals surface area contributed by atoms with Crippen molar-refractivity contribution in [2.45, 2.75) is 44.9 Å². The van der Waals surface area contributed by atoms with E-state index >= 15 is 0 Å². The summed E-state index contributed by atoms with van der Waals surface area (Å²) in [5.41, 5.74) is 0. The topological polar surface area (TPSA) is 20.3 Å². The lowest BCUT2D eigenvalue weighted by Gasteiger charge is -2.09. The van der Waals surface area contributed by atoms with Crippen molar-refractivity contribution in [3.8, 4) is 0 Å². The summed E-state index contributed by atoms with van der Waals surface area (Å²) in [6.07, 6.45) is 7.69. The molecule has 0 aliphatic rings. The first kappa shape index (κ1) is 12.5. The Morgan fingerprint density at radius 1 is 1.08 bits per heavy atom. The molecular formula is C11H22NO. The summed E-state index contributed by atoms with van der Waals surface area (Å²) >= 11 is 0. The molecule has 0 rings (SSSR count). The van der Waals surface area contributed by atoms with Gasteiger partial charge in [-0.1, -0.05) is 39.0 Å². The zero-order chi connectivity index (χ0) is 10.1. The van der Waals surface area contributed by atoms with Crippen LogP contribution in [-0.2, 0) is 4.79 Å². The molecule has 0 atom stereocenters. The van der Waals surface area contributed by atoms with Crippen molar-refractivity contribution in [1.82, 2.24) is 4.90 Å². The Kier molecular flexibility index (Phi) is 7.76. The van der Waals surface area contributed by atoms with Crippen LogP contribution in [0.15, 0.2) is 0 Å². The van der Waals surface area contributed by atoms with Gasteiger partial charge >= 0.3 is 0 Å². The van der Waals surface area contributed by atoms with Crippen LogP contribution in [0.1, 0.15) is 44.9 Å². The third-order valence-corrected chi connectivity index (χ3v) is 2.14. The molecule has 0 unspecified atom stereocenters. The molecule has 1 amide bonds. The van der Waals surface area contributed by atoms with E-state index in [-0.39, 0.29) is 5.91 Å². The highest BCUT2D eigenvalue weighted by molar-refractivity contribution is 5.75. The predicted octanol–water partition coefficient (Wildman–Crippen LogP) is 2.64. The molecule has 0 aromatic carbocycles. The Balaban J connectivity index is 3.12. The fraction of sp³-hybridized carbons (Fsp3) is 0.818. The maximum absolute atomic E-state index is 11.1. The average Bonchev–Trinajstić information content (AvgIpc) is 2.10. The lowest BCUT2D eigenvalue weighted by molar-refractivity contribution is -0.128. The molecule has 0 aliphatic carbocycles. The summed E-state index contributed by atoms with van der Waals surface area (Å²) in [5, 5.41) is 0. The molecule has 0 aromatic heterocycles. The first-order chi connectivity index (χ1) is 6.18. The van der Waals surface area contributed by atoms with Gasteiger partial charge in [0.15, 0.2) is 0 Å². The third kappa shape index (κ3) is 7.82. The molecule has 0 spiro atoms. The molecular weight excluding hydrogens is 162 g/mol. The minimum Gasteiger partial charge on any atom is -0.349 e. The monoisotopic (exact) mass is 184 g/mol. The number of nitrogens with zero attached hydrogens (tertiary/aromatic N) is 1. The van der Waals surface area contributed by atoms with Crippen LogP contribution in [-0.4, -0.2) is 24.9 Å². The number of carbonyl (C=O) groups is 1. The summed E-state index contributed by atoms with van der Waals surface area (Å²) in [6.45, 7) is 3.79. The van der Waals surface area contributed by atoms with Gasteiger partial charge in [-0.25, -0.2) is 0 Å². The fourth-order valence-electron chi connectivity index (χ4n) is 1.21. The summed E-state index contributed by atoms with van der Waals surface area (Å²) < 4.78 is 0. The molecule has 0 heterocycles. The largest absolute Gasteiger partial charge is 0.349 e. The second-order valence-corrected chi connectivity index (χ2v) is 3.66. The standard InChI is InChI=1S/C11H22NO/c1-4-5-6-7-8-9-10-11(13)12(2)3/h1,4-10H2,2-3H3. The van der Waals surface area contributed by atoms with Gasteiger partial charge in [-0.2, -0.15) is 0 Å². The highest BCUT2D eigenvalue weighted by Gasteiger charge is 2.01. The van der Waals surface area contributed by atoms with E-state index in [1.54, 1.807) is 4.90 Å². The van der Waals surface area contributed by atoms with Gasteiger partial charge in [0.2, 0.25) is 5.91 Å². The Labute approximate surface area is 82.3 Å². The smallest absolute Gasteiger partial charge is 0.222 e. The van der Waals surface area contributed by atoms with Gasteiger partial charge in [-0.3, -0.25) is 4.79 Å². The van der Waals surface area contributed by atoms with Crippen LogP contribution < -0.4 is 0 Å². The van der Waals surface area contributed by atoms with Gasteiger partial charge in [-0.05, 0) is 6.42 Å². The van der Waals surface area contributed by atoms with Gasteiger partial charge in [0.1, 0.15) is 0 Å². The van der Waals surface area contributed by atoms with Gasteiger partial charge in [0.05, 0.1) is 0 Å². The maximum atomic E-state index is 11.1. The second-order valence-electron chi connectivity index (χ2n) is 3.66. The highest BCUT2D eigenvalue weighted by atomic mass is 16.2. The first-order valence-electron chi connectivity index (χ1n) is 5.18. The van der Waals surface area contributed by atoms with Crippen molar-refractivity contribution in [3.05, 3.63) is 6.92 Å². The van der Waals surface area contributed by atoms with Crippen molar-refractivity contribution in [1.29, 1.82) is 0 Å². The second kappa shape index (κ2) is 8.09. The molecule has 2 nitrogen and oxygen atoms in total. The van der Waals surface area contributed by atoms with Crippen molar-refractivity contribution >= 4 is 5.91 Å². The van der Waals surface area contributed by atoms with E-state index in [4.69, 9.17) is 0 Å². The van der Waals surface area contributed by atoms with Crippen LogP contribution in [0.4, 0.5) is 0 Å². The molecule has 0 N–H and O–H groups in total. The molecule has 0 bridgehead atoms. The van der Waals surface area contributed by atoms with E-state index in [2.05, 4.69) is 6.92 Å². The van der Waals surface area contributed by atoms with Crippen molar-refractivity contribution in [2.75, 3.05) is 14.1 Å². The molecule has 77 valence electrons. The van der Waals surface area contributed by atoms with E-state index in [0.29, 0.717) is 6.42 Å². The van der Waals surface area contributed by atoms with E-state index in [9.17, 15) is 4.79 Å². The van der Waals surface area contributed by atoms with E-state index in [1.807, 2.05) is 14.1 Å². The van der Waals surface area contributed by atoms with Crippen molar-refractivity contribution in [2.24, 2.45) is 0 Å². The zero-order valence-corrected chi connectivity index (χ0v) is 9.01. The molecule has 0 saturated heterocycles. The molecule has 0 saturated carbocycles. The summed E-state index contributed by atoms with van der Waals surface area (Å²) in [4.78, 5) is 12.8.